The molecule has 2 bridgehead atoms. The van der Waals surface area contributed by atoms with Crippen LogP contribution in [0.1, 0.15) is 45.1 Å². The smallest absolute Gasteiger partial charge is 0.248 e. The predicted octanol–water partition coefficient (Wildman–Crippen LogP) is 6.03. The van der Waals surface area contributed by atoms with Gasteiger partial charge in [-0.25, -0.2) is 0 Å². The molecule has 1 fully saturated rings. The van der Waals surface area contributed by atoms with Crippen molar-refractivity contribution in [3.05, 3.63) is 137 Å². The number of alkyl halides is 2. The lowest BCUT2D eigenvalue weighted by atomic mass is 9.54. The van der Waals surface area contributed by atoms with E-state index in [1.807, 2.05) is 78.9 Å². The van der Waals surface area contributed by atoms with Gasteiger partial charge in [-0.15, -0.1) is 23.2 Å². The molecule has 6 nitrogen and oxygen atoms in total. The van der Waals surface area contributed by atoms with Crippen molar-refractivity contribution in [1.29, 1.82) is 0 Å². The van der Waals surface area contributed by atoms with Crippen LogP contribution in [0, 0.1) is 11.8 Å². The van der Waals surface area contributed by atoms with Gasteiger partial charge in [-0.05, 0) is 46.9 Å². The van der Waals surface area contributed by atoms with Gasteiger partial charge in [0.25, 0.3) is 0 Å². The highest BCUT2D eigenvalue weighted by Gasteiger charge is 2.73. The Bertz CT molecular complexity index is 1720. The maximum Gasteiger partial charge on any atom is 0.248 e. The molecule has 1 N–H and O–H groups in total. The molecule has 3 aliphatic carbocycles. The molecule has 4 aromatic carbocycles. The standard InChI is InChI=1S/C35H26Cl2N2O4/c1-20(40)22-12-9-13-23(19-22)38-31(41)28(18-21-10-3-2-4-11-21)39-32(42)29-30(33(39)43)35(37)25-15-6-5-14-24(25)34(29,36)26-16-7-8-17-27(26)35/h2-17,19,28-30H,18H2,1H3,(H,38,41)/t28-,29-,30-,34?,35?/m0/s1. The van der Waals surface area contributed by atoms with Gasteiger partial charge in [0, 0.05) is 17.7 Å². The topological polar surface area (TPSA) is 83.6 Å². The number of imide groups is 1. The number of Topliss-reactive ketones (excluding diaryl/α,β-unsaturated/α-hetero) is 1. The maximum absolute atomic E-state index is 14.6. The quantitative estimate of drug-likeness (QED) is 0.164. The molecule has 3 atom stereocenters. The van der Waals surface area contributed by atoms with Crippen LogP contribution in [0.15, 0.2) is 103 Å². The van der Waals surface area contributed by atoms with Crippen molar-refractivity contribution in [3.8, 4) is 0 Å². The SMILES string of the molecule is CC(=O)c1cccc(NC(=O)[C@H](Cc2ccccc2)N2C(=O)[C@@H]3[C@@H](C2=O)C2(Cl)c4ccccc4C3(Cl)c3ccccc32)c1. The Morgan fingerprint density at radius 2 is 1.23 bits per heavy atom. The highest BCUT2D eigenvalue weighted by Crippen LogP contribution is 2.69. The number of nitrogens with one attached hydrogen (secondary N) is 1. The number of anilines is 1. The fourth-order valence-corrected chi connectivity index (χ4v) is 8.27. The number of ketones is 1. The first-order valence-electron chi connectivity index (χ1n) is 14.1. The van der Waals surface area contributed by atoms with Gasteiger partial charge < -0.3 is 5.32 Å². The number of hydrogen-bond acceptors (Lipinski definition) is 4. The molecule has 1 saturated heterocycles. The van der Waals surface area contributed by atoms with Crippen LogP contribution in [0.2, 0.25) is 0 Å². The Balaban J connectivity index is 1.35. The summed E-state index contributed by atoms with van der Waals surface area (Å²) >= 11 is 15.2. The first kappa shape index (κ1) is 27.6. The molecule has 0 saturated carbocycles. The lowest BCUT2D eigenvalue weighted by Gasteiger charge is -2.54. The van der Waals surface area contributed by atoms with Gasteiger partial charge in [-0.1, -0.05) is 91.0 Å². The van der Waals surface area contributed by atoms with Gasteiger partial charge >= 0.3 is 0 Å². The lowest BCUT2D eigenvalue weighted by molar-refractivity contribution is -0.146. The fraction of sp³-hybridized carbons (Fsp3) is 0.200. The van der Waals surface area contributed by atoms with Gasteiger partial charge in [0.2, 0.25) is 17.7 Å². The summed E-state index contributed by atoms with van der Waals surface area (Å²) in [5, 5.41) is 2.84. The first-order valence-corrected chi connectivity index (χ1v) is 14.8. The molecule has 1 aliphatic heterocycles. The summed E-state index contributed by atoms with van der Waals surface area (Å²) in [7, 11) is 0. The molecular weight excluding hydrogens is 583 g/mol. The second-order valence-corrected chi connectivity index (χ2v) is 12.5. The summed E-state index contributed by atoms with van der Waals surface area (Å²) < 4.78 is 0. The maximum atomic E-state index is 14.6. The van der Waals surface area contributed by atoms with Crippen LogP contribution < -0.4 is 5.32 Å². The van der Waals surface area contributed by atoms with E-state index in [0.29, 0.717) is 33.5 Å². The molecule has 1 heterocycles. The number of carbonyl (C=O) groups excluding carboxylic acids is 4. The van der Waals surface area contributed by atoms with E-state index in [0.717, 1.165) is 10.5 Å². The average Bonchev–Trinajstić information content (AvgIpc) is 3.29. The van der Waals surface area contributed by atoms with Crippen molar-refractivity contribution in [1.82, 2.24) is 4.90 Å². The van der Waals surface area contributed by atoms with Gasteiger partial charge in [-0.2, -0.15) is 0 Å². The second-order valence-electron chi connectivity index (χ2n) is 11.3. The van der Waals surface area contributed by atoms with E-state index in [1.54, 1.807) is 24.3 Å². The molecular formula is C35H26Cl2N2O4. The summed E-state index contributed by atoms with van der Waals surface area (Å²) in [6.45, 7) is 1.44. The lowest BCUT2D eigenvalue weighted by Crippen LogP contribution is -2.57. The van der Waals surface area contributed by atoms with E-state index in [9.17, 15) is 19.2 Å². The number of benzene rings is 4. The van der Waals surface area contributed by atoms with Crippen molar-refractivity contribution in [2.24, 2.45) is 11.8 Å². The van der Waals surface area contributed by atoms with E-state index >= 15 is 0 Å². The molecule has 0 unspecified atom stereocenters. The highest BCUT2D eigenvalue weighted by atomic mass is 35.5. The van der Waals surface area contributed by atoms with Crippen LogP contribution in [0.3, 0.4) is 0 Å². The molecule has 4 aromatic rings. The number of rotatable bonds is 6. The summed E-state index contributed by atoms with van der Waals surface area (Å²) in [5.74, 6) is -3.81. The van der Waals surface area contributed by atoms with E-state index in [1.165, 1.54) is 6.92 Å². The Hall–Kier alpha value is -4.26. The van der Waals surface area contributed by atoms with E-state index < -0.39 is 45.3 Å². The molecule has 0 radical (unpaired) electrons. The zero-order valence-corrected chi connectivity index (χ0v) is 24.6. The minimum atomic E-state index is -1.35. The number of hydrogen-bond donors (Lipinski definition) is 1. The molecule has 3 amide bonds. The largest absolute Gasteiger partial charge is 0.324 e. The Kier molecular flexibility index (Phi) is 6.35. The average molecular weight is 610 g/mol. The van der Waals surface area contributed by atoms with Crippen LogP contribution in [0.5, 0.6) is 0 Å². The third kappa shape index (κ3) is 3.86. The highest BCUT2D eigenvalue weighted by molar-refractivity contribution is 6.36. The summed E-state index contributed by atoms with van der Waals surface area (Å²) in [4.78, 5) is 53.6. The van der Waals surface area contributed by atoms with Gasteiger partial charge in [-0.3, -0.25) is 24.1 Å². The zero-order chi connectivity index (χ0) is 30.1. The minimum Gasteiger partial charge on any atom is -0.324 e. The molecule has 43 heavy (non-hydrogen) atoms. The van der Waals surface area contributed by atoms with E-state index in [-0.39, 0.29) is 12.2 Å². The normalized spacial score (nSPS) is 25.5. The van der Waals surface area contributed by atoms with Crippen molar-refractivity contribution in [2.75, 3.05) is 5.32 Å². The Morgan fingerprint density at radius 1 is 0.744 bits per heavy atom. The predicted molar refractivity (Wildman–Crippen MR) is 164 cm³/mol. The van der Waals surface area contributed by atoms with Gasteiger partial charge in [0.05, 0.1) is 11.8 Å². The van der Waals surface area contributed by atoms with Crippen molar-refractivity contribution < 1.29 is 19.2 Å². The summed E-state index contributed by atoms with van der Waals surface area (Å²) in [6, 6.07) is 29.4. The van der Waals surface area contributed by atoms with Crippen LogP contribution >= 0.6 is 23.2 Å². The zero-order valence-electron chi connectivity index (χ0n) is 23.1. The number of amides is 3. The van der Waals surface area contributed by atoms with Gasteiger partial charge in [0.1, 0.15) is 15.8 Å². The monoisotopic (exact) mass is 608 g/mol. The third-order valence-corrected chi connectivity index (χ3v) is 10.3. The van der Waals surface area contributed by atoms with Crippen molar-refractivity contribution >= 4 is 52.4 Å². The van der Waals surface area contributed by atoms with Crippen LogP contribution in [-0.2, 0) is 30.6 Å². The van der Waals surface area contributed by atoms with E-state index in [2.05, 4.69) is 5.32 Å². The van der Waals surface area contributed by atoms with Crippen LogP contribution in [0.4, 0.5) is 5.69 Å². The number of carbonyl (C=O) groups is 4. The Labute approximate surface area is 258 Å². The van der Waals surface area contributed by atoms with Gasteiger partial charge in [0.15, 0.2) is 5.78 Å². The van der Waals surface area contributed by atoms with E-state index in [4.69, 9.17) is 23.2 Å². The molecule has 0 aromatic heterocycles. The number of nitrogens with zero attached hydrogens (tertiary/aromatic N) is 1. The van der Waals surface area contributed by atoms with Crippen molar-refractivity contribution in [2.45, 2.75) is 29.1 Å². The molecule has 4 aliphatic rings. The van der Waals surface area contributed by atoms with Crippen molar-refractivity contribution in [3.63, 3.8) is 0 Å². The number of halogens is 2. The second kappa shape index (κ2) is 9.90. The minimum absolute atomic E-state index is 0.0838. The van der Waals surface area contributed by atoms with Crippen LogP contribution in [0.25, 0.3) is 0 Å². The third-order valence-electron chi connectivity index (χ3n) is 9.04. The molecule has 214 valence electrons. The molecule has 8 rings (SSSR count). The molecule has 8 heteroatoms. The fourth-order valence-electron chi connectivity index (χ4n) is 7.18. The van der Waals surface area contributed by atoms with Crippen LogP contribution in [-0.4, -0.2) is 34.4 Å². The Morgan fingerprint density at radius 3 is 1.72 bits per heavy atom. The first-order chi connectivity index (χ1) is 20.7. The molecule has 0 spiro atoms. The summed E-state index contributed by atoms with van der Waals surface area (Å²) in [5.41, 5.74) is 4.36. The summed E-state index contributed by atoms with van der Waals surface area (Å²) in [6.07, 6.45) is 0.0838. The number of likely N-dealkylation sites (tertiary alicyclic amines) is 1.